The molecular weight excluding hydrogens is 261 g/mol. The molecule has 0 aromatic heterocycles. The highest BCUT2D eigenvalue weighted by atomic mass is 35.5. The van der Waals surface area contributed by atoms with E-state index < -0.39 is 0 Å². The van der Waals surface area contributed by atoms with Gasteiger partial charge in [0, 0.05) is 22.5 Å². The van der Waals surface area contributed by atoms with E-state index in [0.29, 0.717) is 22.0 Å². The molecule has 0 saturated carbocycles. The van der Waals surface area contributed by atoms with Crippen LogP contribution in [0.15, 0.2) is 23.9 Å². The van der Waals surface area contributed by atoms with Crippen molar-refractivity contribution in [3.63, 3.8) is 0 Å². The SMILES string of the molecule is CC(C)CC(=Cc1cc(Cl)cc(Cl)c1)[N+](=O)[O-]. The van der Waals surface area contributed by atoms with Crippen LogP contribution in [0.2, 0.25) is 10.0 Å². The smallest absolute Gasteiger partial charge is 0.247 e. The highest BCUT2D eigenvalue weighted by molar-refractivity contribution is 6.34. The van der Waals surface area contributed by atoms with Gasteiger partial charge in [-0.25, -0.2) is 0 Å². The van der Waals surface area contributed by atoms with Crippen LogP contribution in [-0.4, -0.2) is 4.92 Å². The van der Waals surface area contributed by atoms with E-state index in [9.17, 15) is 10.1 Å². The van der Waals surface area contributed by atoms with E-state index in [2.05, 4.69) is 0 Å². The third-order valence-corrected chi connectivity index (χ3v) is 2.51. The van der Waals surface area contributed by atoms with Crippen molar-refractivity contribution < 1.29 is 4.92 Å². The zero-order valence-electron chi connectivity index (χ0n) is 9.61. The maximum Gasteiger partial charge on any atom is 0.247 e. The maximum atomic E-state index is 10.9. The minimum Gasteiger partial charge on any atom is -0.259 e. The molecule has 0 aliphatic heterocycles. The molecule has 0 N–H and O–H groups in total. The molecule has 0 radical (unpaired) electrons. The first-order valence-electron chi connectivity index (χ1n) is 5.19. The van der Waals surface area contributed by atoms with E-state index in [4.69, 9.17) is 23.2 Å². The van der Waals surface area contributed by atoms with Gasteiger partial charge in [-0.05, 0) is 29.7 Å². The molecule has 0 bridgehead atoms. The van der Waals surface area contributed by atoms with Crippen molar-refractivity contribution in [1.29, 1.82) is 0 Å². The first-order valence-corrected chi connectivity index (χ1v) is 5.95. The van der Waals surface area contributed by atoms with Crippen molar-refractivity contribution in [1.82, 2.24) is 0 Å². The monoisotopic (exact) mass is 273 g/mol. The average molecular weight is 274 g/mol. The highest BCUT2D eigenvalue weighted by Crippen LogP contribution is 2.22. The van der Waals surface area contributed by atoms with Gasteiger partial charge >= 0.3 is 0 Å². The van der Waals surface area contributed by atoms with E-state index >= 15 is 0 Å². The molecule has 3 nitrogen and oxygen atoms in total. The van der Waals surface area contributed by atoms with Crippen LogP contribution in [0.25, 0.3) is 6.08 Å². The maximum absolute atomic E-state index is 10.9. The molecule has 1 aromatic rings. The van der Waals surface area contributed by atoms with Crippen LogP contribution in [0.3, 0.4) is 0 Å². The van der Waals surface area contributed by atoms with Crippen molar-refractivity contribution in [2.45, 2.75) is 20.3 Å². The lowest BCUT2D eigenvalue weighted by atomic mass is 10.1. The van der Waals surface area contributed by atoms with Gasteiger partial charge in [0.05, 0.1) is 4.92 Å². The molecule has 0 aliphatic rings. The lowest BCUT2D eigenvalue weighted by molar-refractivity contribution is -0.427. The van der Waals surface area contributed by atoms with E-state index in [1.807, 2.05) is 13.8 Å². The normalized spacial score (nSPS) is 11.9. The molecule has 0 aliphatic carbocycles. The standard InChI is InChI=1S/C12H13Cl2NO2/c1-8(2)3-12(15(16)17)6-9-4-10(13)7-11(14)5-9/h4-8H,3H2,1-2H3. The second-order valence-electron chi connectivity index (χ2n) is 4.19. The Morgan fingerprint density at radius 2 is 1.88 bits per heavy atom. The number of halogens is 2. The van der Waals surface area contributed by atoms with Crippen LogP contribution in [-0.2, 0) is 0 Å². The van der Waals surface area contributed by atoms with Gasteiger partial charge in [0.25, 0.3) is 0 Å². The summed E-state index contributed by atoms with van der Waals surface area (Å²) in [6, 6.07) is 4.89. The molecule has 17 heavy (non-hydrogen) atoms. The quantitative estimate of drug-likeness (QED) is 0.592. The second kappa shape index (κ2) is 6.03. The number of benzene rings is 1. The summed E-state index contributed by atoms with van der Waals surface area (Å²) < 4.78 is 0. The van der Waals surface area contributed by atoms with Crippen molar-refractivity contribution in [2.24, 2.45) is 5.92 Å². The number of hydrogen-bond donors (Lipinski definition) is 0. The molecule has 92 valence electrons. The fourth-order valence-corrected chi connectivity index (χ4v) is 2.00. The molecular formula is C12H13Cl2NO2. The third-order valence-electron chi connectivity index (χ3n) is 2.07. The molecule has 0 fully saturated rings. The average Bonchev–Trinajstić information content (AvgIpc) is 2.13. The van der Waals surface area contributed by atoms with Crippen LogP contribution >= 0.6 is 23.2 Å². The van der Waals surface area contributed by atoms with Crippen LogP contribution in [0.4, 0.5) is 0 Å². The number of nitrogens with zero attached hydrogens (tertiary/aromatic N) is 1. The highest BCUT2D eigenvalue weighted by Gasteiger charge is 2.13. The summed E-state index contributed by atoms with van der Waals surface area (Å²) in [4.78, 5) is 10.5. The van der Waals surface area contributed by atoms with Gasteiger partial charge in [0.2, 0.25) is 5.70 Å². The summed E-state index contributed by atoms with van der Waals surface area (Å²) in [5.41, 5.74) is 0.813. The predicted octanol–water partition coefficient (Wildman–Crippen LogP) is 4.66. The molecule has 0 atom stereocenters. The van der Waals surface area contributed by atoms with Gasteiger partial charge < -0.3 is 0 Å². The summed E-state index contributed by atoms with van der Waals surface area (Å²) in [6.45, 7) is 3.87. The van der Waals surface area contributed by atoms with Crippen LogP contribution in [0, 0.1) is 16.0 Å². The number of nitro groups is 1. The zero-order valence-corrected chi connectivity index (χ0v) is 11.1. The second-order valence-corrected chi connectivity index (χ2v) is 5.07. The van der Waals surface area contributed by atoms with Crippen LogP contribution in [0.5, 0.6) is 0 Å². The van der Waals surface area contributed by atoms with Crippen molar-refractivity contribution >= 4 is 29.3 Å². The Bertz CT molecular complexity index is 436. The van der Waals surface area contributed by atoms with Gasteiger partial charge in [-0.1, -0.05) is 37.0 Å². The molecule has 0 heterocycles. The summed E-state index contributed by atoms with van der Waals surface area (Å²) in [7, 11) is 0. The lowest BCUT2D eigenvalue weighted by Crippen LogP contribution is -2.02. The van der Waals surface area contributed by atoms with Crippen LogP contribution < -0.4 is 0 Å². The Morgan fingerprint density at radius 3 is 2.29 bits per heavy atom. The summed E-state index contributed by atoms with van der Waals surface area (Å²) >= 11 is 11.7. The topological polar surface area (TPSA) is 43.1 Å². The summed E-state index contributed by atoms with van der Waals surface area (Å²) in [5, 5.41) is 11.8. The largest absolute Gasteiger partial charge is 0.259 e. The zero-order chi connectivity index (χ0) is 13.0. The molecule has 1 aromatic carbocycles. The first kappa shape index (κ1) is 14.0. The number of hydrogen-bond acceptors (Lipinski definition) is 2. The minimum absolute atomic E-state index is 0.165. The lowest BCUT2D eigenvalue weighted by Gasteiger charge is -2.03. The van der Waals surface area contributed by atoms with E-state index in [1.54, 1.807) is 18.2 Å². The summed E-state index contributed by atoms with van der Waals surface area (Å²) in [6.07, 6.45) is 1.93. The Labute approximate surface area is 110 Å². The van der Waals surface area contributed by atoms with Gasteiger partial charge in [0.1, 0.15) is 0 Å². The predicted molar refractivity (Wildman–Crippen MR) is 70.9 cm³/mol. The van der Waals surface area contributed by atoms with Crippen molar-refractivity contribution in [3.8, 4) is 0 Å². The Kier molecular flexibility index (Phi) is 4.97. The molecule has 1 rings (SSSR count). The molecule has 5 heteroatoms. The third kappa shape index (κ3) is 4.75. The number of rotatable bonds is 4. The molecule has 0 saturated heterocycles. The van der Waals surface area contributed by atoms with E-state index in [1.165, 1.54) is 6.08 Å². The Morgan fingerprint density at radius 1 is 1.35 bits per heavy atom. The summed E-state index contributed by atoms with van der Waals surface area (Å²) in [5.74, 6) is 0.223. The van der Waals surface area contributed by atoms with Gasteiger partial charge in [-0.15, -0.1) is 0 Å². The van der Waals surface area contributed by atoms with E-state index in [-0.39, 0.29) is 16.5 Å². The molecule has 0 amide bonds. The Balaban J connectivity index is 3.08. The Hall–Kier alpha value is -1.06. The molecule has 0 spiro atoms. The minimum atomic E-state index is -0.366. The van der Waals surface area contributed by atoms with Gasteiger partial charge in [0.15, 0.2) is 0 Å². The fraction of sp³-hybridized carbons (Fsp3) is 0.333. The van der Waals surface area contributed by atoms with Gasteiger partial charge in [-0.2, -0.15) is 0 Å². The van der Waals surface area contributed by atoms with Crippen molar-refractivity contribution in [3.05, 3.63) is 49.6 Å². The first-order chi connectivity index (χ1) is 7.88. The van der Waals surface area contributed by atoms with Gasteiger partial charge in [-0.3, -0.25) is 10.1 Å². The fourth-order valence-electron chi connectivity index (χ4n) is 1.46. The van der Waals surface area contributed by atoms with E-state index in [0.717, 1.165) is 0 Å². The molecule has 0 unspecified atom stereocenters. The van der Waals surface area contributed by atoms with Crippen LogP contribution in [0.1, 0.15) is 25.8 Å². The van der Waals surface area contributed by atoms with Crippen molar-refractivity contribution in [2.75, 3.05) is 0 Å². The number of allylic oxidation sites excluding steroid dienone is 1.